The molecule has 3 aliphatic rings. The van der Waals surface area contributed by atoms with Crippen LogP contribution in [0, 0.1) is 17.8 Å². The molecule has 13 heavy (non-hydrogen) atoms. The summed E-state index contributed by atoms with van der Waals surface area (Å²) in [4.78, 5) is 16.9. The van der Waals surface area contributed by atoms with Gasteiger partial charge < -0.3 is 4.74 Å². The maximum Gasteiger partial charge on any atom is 0.252 e. The van der Waals surface area contributed by atoms with Crippen LogP contribution in [0.3, 0.4) is 0 Å². The standard InChI is InChI=1S/C9H13NO3/c1-5-6(2)9-3-7(5)8(11)10(9)13-4-12-9/h5-7H,3-4H2,1-2H3/t5?,6?,7-,9-/m1/s1. The molecular formula is C9H13NO3. The molecule has 0 radical (unpaired) electrons. The molecule has 3 rings (SSSR count). The first-order valence-electron chi connectivity index (χ1n) is 4.78. The van der Waals surface area contributed by atoms with E-state index in [0.29, 0.717) is 11.8 Å². The van der Waals surface area contributed by atoms with E-state index in [1.807, 2.05) is 0 Å². The van der Waals surface area contributed by atoms with Crippen LogP contribution >= 0.6 is 0 Å². The van der Waals surface area contributed by atoms with Gasteiger partial charge in [0.15, 0.2) is 12.5 Å². The van der Waals surface area contributed by atoms with Gasteiger partial charge in [0, 0.05) is 18.3 Å². The second-order valence-corrected chi connectivity index (χ2v) is 4.33. The van der Waals surface area contributed by atoms with E-state index in [-0.39, 0.29) is 18.6 Å². The molecule has 4 heteroatoms. The quantitative estimate of drug-likeness (QED) is 0.556. The van der Waals surface area contributed by atoms with E-state index in [9.17, 15) is 4.79 Å². The highest BCUT2D eigenvalue weighted by Crippen LogP contribution is 2.56. The van der Waals surface area contributed by atoms with Crippen LogP contribution in [0.1, 0.15) is 20.3 Å². The number of piperidine rings is 1. The predicted molar refractivity (Wildman–Crippen MR) is 43.0 cm³/mol. The van der Waals surface area contributed by atoms with Crippen LogP contribution < -0.4 is 0 Å². The summed E-state index contributed by atoms with van der Waals surface area (Å²) in [5.74, 6) is 1.04. The van der Waals surface area contributed by atoms with Crippen LogP contribution in [0.25, 0.3) is 0 Å². The number of rotatable bonds is 0. The van der Waals surface area contributed by atoms with Crippen LogP contribution in [0.5, 0.6) is 0 Å². The second-order valence-electron chi connectivity index (χ2n) is 4.33. The third kappa shape index (κ3) is 0.647. The van der Waals surface area contributed by atoms with E-state index in [1.165, 1.54) is 5.06 Å². The van der Waals surface area contributed by atoms with Crippen molar-refractivity contribution in [1.82, 2.24) is 5.06 Å². The van der Waals surface area contributed by atoms with Gasteiger partial charge in [-0.3, -0.25) is 4.79 Å². The van der Waals surface area contributed by atoms with Gasteiger partial charge in [-0.1, -0.05) is 13.8 Å². The monoisotopic (exact) mass is 183 g/mol. The number of hydroxylamine groups is 2. The van der Waals surface area contributed by atoms with Gasteiger partial charge in [0.2, 0.25) is 0 Å². The molecule has 0 aromatic rings. The van der Waals surface area contributed by atoms with E-state index in [4.69, 9.17) is 9.57 Å². The molecule has 1 saturated carbocycles. The molecule has 4 nitrogen and oxygen atoms in total. The minimum absolute atomic E-state index is 0.114. The third-order valence-electron chi connectivity index (χ3n) is 4.00. The third-order valence-corrected chi connectivity index (χ3v) is 4.00. The van der Waals surface area contributed by atoms with E-state index < -0.39 is 5.72 Å². The molecule has 0 aromatic heterocycles. The molecular weight excluding hydrogens is 170 g/mol. The number of hydrogen-bond acceptors (Lipinski definition) is 3. The van der Waals surface area contributed by atoms with E-state index >= 15 is 0 Å². The van der Waals surface area contributed by atoms with Crippen molar-refractivity contribution in [2.75, 3.05) is 6.79 Å². The Hall–Kier alpha value is -0.610. The number of ether oxygens (including phenoxy) is 1. The molecule has 72 valence electrons. The number of hydrogen-bond donors (Lipinski definition) is 0. The fourth-order valence-electron chi connectivity index (χ4n) is 2.97. The summed E-state index contributed by atoms with van der Waals surface area (Å²) >= 11 is 0. The summed E-state index contributed by atoms with van der Waals surface area (Å²) < 4.78 is 5.59. The fourth-order valence-corrected chi connectivity index (χ4v) is 2.97. The fraction of sp³-hybridized carbons (Fsp3) is 0.889. The Morgan fingerprint density at radius 2 is 2.31 bits per heavy atom. The zero-order valence-corrected chi connectivity index (χ0v) is 7.82. The van der Waals surface area contributed by atoms with Crippen LogP contribution in [0.2, 0.25) is 0 Å². The average Bonchev–Trinajstić information content (AvgIpc) is 2.69. The first-order valence-corrected chi connectivity index (χ1v) is 4.78. The maximum absolute atomic E-state index is 11.7. The molecule has 1 spiro atoms. The van der Waals surface area contributed by atoms with Gasteiger partial charge in [-0.2, -0.15) is 5.06 Å². The van der Waals surface area contributed by atoms with Gasteiger partial charge >= 0.3 is 0 Å². The lowest BCUT2D eigenvalue weighted by Crippen LogP contribution is -2.50. The van der Waals surface area contributed by atoms with Crippen molar-refractivity contribution in [2.45, 2.75) is 26.0 Å². The normalized spacial score (nSPS) is 53.2. The molecule has 0 N–H and O–H groups in total. The summed E-state index contributed by atoms with van der Waals surface area (Å²) in [7, 11) is 0. The lowest BCUT2D eigenvalue weighted by atomic mass is 9.87. The Morgan fingerprint density at radius 3 is 3.08 bits per heavy atom. The molecule has 2 aliphatic heterocycles. The van der Waals surface area contributed by atoms with E-state index in [2.05, 4.69) is 13.8 Å². The van der Waals surface area contributed by atoms with Gasteiger partial charge in [0.05, 0.1) is 0 Å². The van der Waals surface area contributed by atoms with Gasteiger partial charge in [-0.15, -0.1) is 0 Å². The maximum atomic E-state index is 11.7. The molecule has 2 heterocycles. The molecule has 4 atom stereocenters. The Labute approximate surface area is 76.7 Å². The van der Waals surface area contributed by atoms with E-state index in [1.54, 1.807) is 0 Å². The summed E-state index contributed by atoms with van der Waals surface area (Å²) in [6.07, 6.45) is 0.814. The average molecular weight is 183 g/mol. The SMILES string of the molecule is CC1C(C)[C@]23C[C@H]1C(=O)N2OCO3. The summed E-state index contributed by atoms with van der Waals surface area (Å²) in [6, 6.07) is 0. The van der Waals surface area contributed by atoms with Crippen molar-refractivity contribution >= 4 is 5.91 Å². The van der Waals surface area contributed by atoms with Crippen molar-refractivity contribution in [3.8, 4) is 0 Å². The number of carbonyl (C=O) groups excluding carboxylic acids is 1. The number of carbonyl (C=O) groups is 1. The molecule has 2 unspecified atom stereocenters. The topological polar surface area (TPSA) is 38.8 Å². The highest BCUT2D eigenvalue weighted by atomic mass is 16.9. The molecule has 3 fully saturated rings. The molecule has 1 amide bonds. The van der Waals surface area contributed by atoms with E-state index in [0.717, 1.165) is 6.42 Å². The lowest BCUT2D eigenvalue weighted by Gasteiger charge is -2.35. The highest BCUT2D eigenvalue weighted by Gasteiger charge is 2.67. The molecule has 2 bridgehead atoms. The summed E-state index contributed by atoms with van der Waals surface area (Å²) in [6.45, 7) is 4.50. The smallest absolute Gasteiger partial charge is 0.252 e. The van der Waals surface area contributed by atoms with Crippen LogP contribution in [0.15, 0.2) is 0 Å². The Balaban J connectivity index is 2.07. The predicted octanol–water partition coefficient (Wildman–Crippen LogP) is 0.736. The first-order chi connectivity index (χ1) is 6.17. The minimum atomic E-state index is -0.416. The van der Waals surface area contributed by atoms with Crippen molar-refractivity contribution in [2.24, 2.45) is 17.8 Å². The van der Waals surface area contributed by atoms with Gasteiger partial charge in [0.25, 0.3) is 5.91 Å². The number of nitrogens with zero attached hydrogens (tertiary/aromatic N) is 1. The Kier molecular flexibility index (Phi) is 1.23. The summed E-state index contributed by atoms with van der Waals surface area (Å²) in [5, 5.41) is 1.47. The summed E-state index contributed by atoms with van der Waals surface area (Å²) in [5.41, 5.74) is -0.416. The minimum Gasteiger partial charge on any atom is -0.324 e. The first kappa shape index (κ1) is 7.76. The lowest BCUT2D eigenvalue weighted by molar-refractivity contribution is -0.200. The second kappa shape index (κ2) is 2.07. The number of amides is 1. The van der Waals surface area contributed by atoms with Crippen molar-refractivity contribution in [3.05, 3.63) is 0 Å². The highest BCUT2D eigenvalue weighted by molar-refractivity contribution is 5.83. The largest absolute Gasteiger partial charge is 0.324 e. The zero-order valence-electron chi connectivity index (χ0n) is 7.82. The molecule has 2 saturated heterocycles. The molecule has 0 aromatic carbocycles. The zero-order chi connectivity index (χ0) is 9.22. The van der Waals surface area contributed by atoms with Crippen molar-refractivity contribution in [3.63, 3.8) is 0 Å². The Bertz CT molecular complexity index is 280. The van der Waals surface area contributed by atoms with Crippen LogP contribution in [-0.4, -0.2) is 23.5 Å². The van der Waals surface area contributed by atoms with Gasteiger partial charge in [-0.05, 0) is 5.92 Å². The van der Waals surface area contributed by atoms with Gasteiger partial charge in [-0.25, -0.2) is 4.84 Å². The Morgan fingerprint density at radius 1 is 1.54 bits per heavy atom. The van der Waals surface area contributed by atoms with Crippen molar-refractivity contribution < 1.29 is 14.4 Å². The molecule has 1 aliphatic carbocycles. The van der Waals surface area contributed by atoms with Gasteiger partial charge in [0.1, 0.15) is 0 Å². The van der Waals surface area contributed by atoms with Crippen LogP contribution in [-0.2, 0) is 14.4 Å². The number of fused-ring (bicyclic) bond motifs is 1. The van der Waals surface area contributed by atoms with Crippen molar-refractivity contribution in [1.29, 1.82) is 0 Å². The van der Waals surface area contributed by atoms with Crippen LogP contribution in [0.4, 0.5) is 0 Å².